The normalized spacial score (nSPS) is 11.1. The number of hydrogen-bond acceptors (Lipinski definition) is 2. The lowest BCUT2D eigenvalue weighted by atomic mass is 10.0. The van der Waals surface area contributed by atoms with E-state index in [0.29, 0.717) is 5.56 Å². The van der Waals surface area contributed by atoms with Gasteiger partial charge in [0.25, 0.3) is 0 Å². The zero-order chi connectivity index (χ0) is 20.2. The molecule has 4 aromatic rings. The van der Waals surface area contributed by atoms with Crippen molar-refractivity contribution < 1.29 is 4.79 Å². The first-order valence-corrected chi connectivity index (χ1v) is 10.1. The summed E-state index contributed by atoms with van der Waals surface area (Å²) in [6.45, 7) is 2.06. The minimum Gasteiger partial charge on any atom is -0.289 e. The van der Waals surface area contributed by atoms with Gasteiger partial charge in [0.2, 0.25) is 0 Å². The van der Waals surface area contributed by atoms with Crippen molar-refractivity contribution in [1.82, 2.24) is 9.78 Å². The van der Waals surface area contributed by atoms with Crippen molar-refractivity contribution in [2.75, 3.05) is 0 Å². The van der Waals surface area contributed by atoms with Gasteiger partial charge in [0, 0.05) is 27.4 Å². The average molecular weight is 443 g/mol. The molecule has 0 atom stereocenters. The molecule has 142 valence electrons. The van der Waals surface area contributed by atoms with Crippen LogP contribution in [0.4, 0.5) is 0 Å². The Bertz CT molecular complexity index is 1160. The van der Waals surface area contributed by atoms with Gasteiger partial charge in [-0.05, 0) is 55.5 Å². The maximum atomic E-state index is 12.6. The molecule has 0 aliphatic rings. The molecule has 0 aliphatic carbocycles. The van der Waals surface area contributed by atoms with Gasteiger partial charge in [-0.1, -0.05) is 64.0 Å². The third kappa shape index (κ3) is 4.44. The van der Waals surface area contributed by atoms with Gasteiger partial charge in [0.05, 0.1) is 11.4 Å². The molecule has 4 rings (SSSR count). The van der Waals surface area contributed by atoms with E-state index in [1.165, 1.54) is 5.56 Å². The van der Waals surface area contributed by atoms with Crippen LogP contribution in [-0.4, -0.2) is 15.6 Å². The molecule has 0 saturated carbocycles. The predicted molar refractivity (Wildman–Crippen MR) is 121 cm³/mol. The third-order valence-corrected chi connectivity index (χ3v) is 5.16. The van der Waals surface area contributed by atoms with E-state index >= 15 is 0 Å². The molecule has 0 unspecified atom stereocenters. The number of ketones is 1. The van der Waals surface area contributed by atoms with E-state index in [0.717, 1.165) is 27.0 Å². The van der Waals surface area contributed by atoms with Crippen LogP contribution in [0.5, 0.6) is 0 Å². The van der Waals surface area contributed by atoms with Crippen molar-refractivity contribution in [3.05, 3.63) is 112 Å². The fraction of sp³-hybridized carbons (Fsp3) is 0.0400. The minimum atomic E-state index is -0.0418. The molecule has 0 saturated heterocycles. The highest BCUT2D eigenvalue weighted by Gasteiger charge is 2.11. The molecule has 1 aromatic heterocycles. The van der Waals surface area contributed by atoms with Crippen LogP contribution in [0.3, 0.4) is 0 Å². The molecule has 0 radical (unpaired) electrons. The van der Waals surface area contributed by atoms with Crippen LogP contribution in [0.1, 0.15) is 21.5 Å². The number of benzene rings is 3. The standard InChI is InChI=1S/C25H19BrN2O/c1-18-7-9-20(10-8-18)25-21(17-28(27-25)23-5-3-2-4-6-23)13-16-24(29)19-11-14-22(26)15-12-19/h2-17H,1H3/b16-13+. The molecule has 0 spiro atoms. The van der Waals surface area contributed by atoms with E-state index in [2.05, 4.69) is 47.1 Å². The van der Waals surface area contributed by atoms with Crippen molar-refractivity contribution in [2.24, 2.45) is 0 Å². The van der Waals surface area contributed by atoms with Gasteiger partial charge in [0.15, 0.2) is 5.78 Å². The van der Waals surface area contributed by atoms with Gasteiger partial charge in [-0.15, -0.1) is 0 Å². The Kier molecular flexibility index (Phi) is 5.54. The lowest BCUT2D eigenvalue weighted by molar-refractivity contribution is 0.104. The molecule has 1 heterocycles. The smallest absolute Gasteiger partial charge is 0.185 e. The molecular formula is C25H19BrN2O. The first-order valence-electron chi connectivity index (χ1n) is 9.30. The van der Waals surface area contributed by atoms with Crippen LogP contribution in [0, 0.1) is 6.92 Å². The van der Waals surface area contributed by atoms with Gasteiger partial charge in [-0.3, -0.25) is 4.79 Å². The highest BCUT2D eigenvalue weighted by molar-refractivity contribution is 9.10. The average Bonchev–Trinajstić information content (AvgIpc) is 3.18. The van der Waals surface area contributed by atoms with Gasteiger partial charge in [-0.2, -0.15) is 5.10 Å². The monoisotopic (exact) mass is 442 g/mol. The number of hydrogen-bond donors (Lipinski definition) is 0. The third-order valence-electron chi connectivity index (χ3n) is 4.63. The predicted octanol–water partition coefficient (Wildman–Crippen LogP) is 6.51. The molecule has 4 heteroatoms. The maximum absolute atomic E-state index is 12.6. The van der Waals surface area contributed by atoms with Crippen LogP contribution in [0.15, 0.2) is 95.6 Å². The number of carbonyl (C=O) groups is 1. The summed E-state index contributed by atoms with van der Waals surface area (Å²) in [5, 5.41) is 4.79. The molecular weight excluding hydrogens is 424 g/mol. The molecule has 0 fully saturated rings. The largest absolute Gasteiger partial charge is 0.289 e. The van der Waals surface area contributed by atoms with E-state index in [1.807, 2.05) is 71.6 Å². The van der Waals surface area contributed by atoms with Gasteiger partial charge >= 0.3 is 0 Å². The fourth-order valence-electron chi connectivity index (χ4n) is 3.03. The highest BCUT2D eigenvalue weighted by Crippen LogP contribution is 2.25. The number of allylic oxidation sites excluding steroid dienone is 1. The number of aromatic nitrogens is 2. The Balaban J connectivity index is 1.72. The van der Waals surface area contributed by atoms with E-state index in [9.17, 15) is 4.79 Å². The summed E-state index contributed by atoms with van der Waals surface area (Å²) in [6.07, 6.45) is 5.40. The van der Waals surface area contributed by atoms with Crippen LogP contribution >= 0.6 is 15.9 Å². The molecule has 0 aliphatic heterocycles. The summed E-state index contributed by atoms with van der Waals surface area (Å²) in [4.78, 5) is 12.6. The quantitative estimate of drug-likeness (QED) is 0.261. The number of rotatable bonds is 5. The van der Waals surface area contributed by atoms with E-state index in [1.54, 1.807) is 6.08 Å². The van der Waals surface area contributed by atoms with Crippen molar-refractivity contribution in [1.29, 1.82) is 0 Å². The second-order valence-corrected chi connectivity index (χ2v) is 7.70. The SMILES string of the molecule is Cc1ccc(-c2nn(-c3ccccc3)cc2/C=C/C(=O)c2ccc(Br)cc2)cc1. The summed E-state index contributed by atoms with van der Waals surface area (Å²) in [5.74, 6) is -0.0418. The Morgan fingerprint density at radius 1 is 0.931 bits per heavy atom. The van der Waals surface area contributed by atoms with E-state index < -0.39 is 0 Å². The summed E-state index contributed by atoms with van der Waals surface area (Å²) >= 11 is 3.40. The van der Waals surface area contributed by atoms with Crippen molar-refractivity contribution in [2.45, 2.75) is 6.92 Å². The minimum absolute atomic E-state index is 0.0418. The van der Waals surface area contributed by atoms with Gasteiger partial charge in [0.1, 0.15) is 0 Å². The Morgan fingerprint density at radius 2 is 1.62 bits per heavy atom. The van der Waals surface area contributed by atoms with Crippen LogP contribution in [-0.2, 0) is 0 Å². The van der Waals surface area contributed by atoms with Crippen molar-refractivity contribution >= 4 is 27.8 Å². The number of para-hydroxylation sites is 1. The topological polar surface area (TPSA) is 34.9 Å². The lowest BCUT2D eigenvalue weighted by Gasteiger charge is -2.01. The van der Waals surface area contributed by atoms with Crippen LogP contribution < -0.4 is 0 Å². The summed E-state index contributed by atoms with van der Waals surface area (Å²) in [6, 6.07) is 25.6. The number of carbonyl (C=O) groups excluding carboxylic acids is 1. The molecule has 29 heavy (non-hydrogen) atoms. The zero-order valence-electron chi connectivity index (χ0n) is 15.9. The molecule has 3 aromatic carbocycles. The Labute approximate surface area is 178 Å². The second kappa shape index (κ2) is 8.41. The second-order valence-electron chi connectivity index (χ2n) is 6.78. The number of halogens is 1. The van der Waals surface area contributed by atoms with E-state index in [-0.39, 0.29) is 5.78 Å². The first kappa shape index (κ1) is 19.1. The van der Waals surface area contributed by atoms with Crippen molar-refractivity contribution in [3.63, 3.8) is 0 Å². The van der Waals surface area contributed by atoms with Crippen LogP contribution in [0.25, 0.3) is 23.0 Å². The van der Waals surface area contributed by atoms with Gasteiger partial charge < -0.3 is 0 Å². The van der Waals surface area contributed by atoms with Gasteiger partial charge in [-0.25, -0.2) is 4.68 Å². The maximum Gasteiger partial charge on any atom is 0.185 e. The summed E-state index contributed by atoms with van der Waals surface area (Å²) < 4.78 is 2.79. The number of aryl methyl sites for hydroxylation is 1. The number of nitrogens with zero attached hydrogens (tertiary/aromatic N) is 2. The first-order chi connectivity index (χ1) is 14.1. The molecule has 0 amide bonds. The summed E-state index contributed by atoms with van der Waals surface area (Å²) in [5.41, 5.74) is 5.56. The lowest BCUT2D eigenvalue weighted by Crippen LogP contribution is -1.93. The molecule has 0 N–H and O–H groups in total. The Hall–Kier alpha value is -3.24. The summed E-state index contributed by atoms with van der Waals surface area (Å²) in [7, 11) is 0. The van der Waals surface area contributed by atoms with E-state index in [4.69, 9.17) is 5.10 Å². The molecule has 3 nitrogen and oxygen atoms in total. The highest BCUT2D eigenvalue weighted by atomic mass is 79.9. The zero-order valence-corrected chi connectivity index (χ0v) is 17.5. The fourth-order valence-corrected chi connectivity index (χ4v) is 3.30. The van der Waals surface area contributed by atoms with Crippen molar-refractivity contribution in [3.8, 4) is 16.9 Å². The molecule has 0 bridgehead atoms. The Morgan fingerprint density at radius 3 is 2.31 bits per heavy atom. The van der Waals surface area contributed by atoms with Crippen LogP contribution in [0.2, 0.25) is 0 Å².